The second-order valence-electron chi connectivity index (χ2n) is 6.93. The first kappa shape index (κ1) is 21.0. The molecule has 2 saturated heterocycles. The van der Waals surface area contributed by atoms with Crippen molar-refractivity contribution in [3.05, 3.63) is 0 Å². The van der Waals surface area contributed by atoms with Crippen LogP contribution >= 0.6 is 0 Å². The Morgan fingerprint density at radius 2 is 2.23 bits per heavy atom. The van der Waals surface area contributed by atoms with Gasteiger partial charge in [-0.25, -0.2) is 0 Å². The minimum atomic E-state index is -0.0858. The van der Waals surface area contributed by atoms with Crippen LogP contribution < -0.4 is 5.32 Å². The van der Waals surface area contributed by atoms with Gasteiger partial charge in [0.25, 0.3) is 0 Å². The molecule has 2 unspecified atom stereocenters. The smallest absolute Gasteiger partial charge is 0.310 e. The number of hydrogen-bond donors (Lipinski definition) is 1. The maximum atomic E-state index is 12.0. The fourth-order valence-corrected chi connectivity index (χ4v) is 3.36. The summed E-state index contributed by atoms with van der Waals surface area (Å²) in [6.07, 6.45) is 3.89. The molecule has 0 aliphatic carbocycles. The summed E-state index contributed by atoms with van der Waals surface area (Å²) in [6.45, 7) is 10.7. The molecule has 0 radical (unpaired) electrons. The second-order valence-corrected chi connectivity index (χ2v) is 6.93. The van der Waals surface area contributed by atoms with Crippen molar-refractivity contribution in [1.82, 2.24) is 10.2 Å². The molecule has 150 valence electrons. The second kappa shape index (κ2) is 12.1. The van der Waals surface area contributed by atoms with E-state index < -0.39 is 0 Å². The third-order valence-electron chi connectivity index (χ3n) is 4.76. The Morgan fingerprint density at radius 1 is 1.35 bits per heavy atom. The molecule has 0 aromatic heterocycles. The van der Waals surface area contributed by atoms with Gasteiger partial charge < -0.3 is 24.4 Å². The van der Waals surface area contributed by atoms with Gasteiger partial charge >= 0.3 is 5.97 Å². The molecule has 0 amide bonds. The van der Waals surface area contributed by atoms with Crippen LogP contribution in [0.25, 0.3) is 0 Å². The molecule has 0 aromatic rings. The van der Waals surface area contributed by atoms with Gasteiger partial charge in [0.15, 0.2) is 5.96 Å². The normalized spacial score (nSPS) is 23.9. The third-order valence-corrected chi connectivity index (χ3v) is 4.76. The lowest BCUT2D eigenvalue weighted by Crippen LogP contribution is -2.48. The molecule has 2 fully saturated rings. The molecule has 1 N–H and O–H groups in total. The van der Waals surface area contributed by atoms with E-state index in [-0.39, 0.29) is 11.9 Å². The van der Waals surface area contributed by atoms with Crippen LogP contribution in [0.1, 0.15) is 39.5 Å². The summed E-state index contributed by atoms with van der Waals surface area (Å²) in [4.78, 5) is 18.9. The third kappa shape index (κ3) is 7.11. The van der Waals surface area contributed by atoms with Crippen LogP contribution in [0.5, 0.6) is 0 Å². The first-order chi connectivity index (χ1) is 12.7. The molecule has 7 heteroatoms. The predicted octanol–water partition coefficient (Wildman–Crippen LogP) is 1.67. The minimum absolute atomic E-state index is 0.0514. The van der Waals surface area contributed by atoms with E-state index in [0.717, 1.165) is 77.7 Å². The SMILES string of the molecule is CCNC(=NCCCOCC1CCOC1)N1CCCC(C(=O)OCC)C1. The lowest BCUT2D eigenvalue weighted by atomic mass is 9.98. The molecule has 2 rings (SSSR count). The van der Waals surface area contributed by atoms with Gasteiger partial charge in [-0.05, 0) is 39.5 Å². The van der Waals surface area contributed by atoms with Crippen molar-refractivity contribution in [1.29, 1.82) is 0 Å². The van der Waals surface area contributed by atoms with Gasteiger partial charge in [-0.2, -0.15) is 0 Å². The maximum Gasteiger partial charge on any atom is 0.310 e. The Morgan fingerprint density at radius 3 is 2.96 bits per heavy atom. The molecule has 2 aliphatic heterocycles. The largest absolute Gasteiger partial charge is 0.466 e. The molecule has 7 nitrogen and oxygen atoms in total. The van der Waals surface area contributed by atoms with E-state index in [9.17, 15) is 4.79 Å². The van der Waals surface area contributed by atoms with Gasteiger partial charge in [-0.3, -0.25) is 9.79 Å². The highest BCUT2D eigenvalue weighted by atomic mass is 16.5. The van der Waals surface area contributed by atoms with Crippen LogP contribution in [-0.4, -0.2) is 76.0 Å². The van der Waals surface area contributed by atoms with E-state index >= 15 is 0 Å². The summed E-state index contributed by atoms with van der Waals surface area (Å²) >= 11 is 0. The summed E-state index contributed by atoms with van der Waals surface area (Å²) in [5.74, 6) is 1.32. The van der Waals surface area contributed by atoms with Crippen LogP contribution in [0.15, 0.2) is 4.99 Å². The monoisotopic (exact) mass is 369 g/mol. The van der Waals surface area contributed by atoms with Crippen LogP contribution in [-0.2, 0) is 19.0 Å². The van der Waals surface area contributed by atoms with E-state index in [1.54, 1.807) is 0 Å². The summed E-state index contributed by atoms with van der Waals surface area (Å²) in [7, 11) is 0. The minimum Gasteiger partial charge on any atom is -0.466 e. The van der Waals surface area contributed by atoms with Gasteiger partial charge in [0.1, 0.15) is 0 Å². The number of nitrogens with zero attached hydrogens (tertiary/aromatic N) is 2. The summed E-state index contributed by atoms with van der Waals surface area (Å²) in [5.41, 5.74) is 0. The van der Waals surface area contributed by atoms with Crippen molar-refractivity contribution in [2.75, 3.05) is 59.2 Å². The maximum absolute atomic E-state index is 12.0. The average molecular weight is 370 g/mol. The van der Waals surface area contributed by atoms with E-state index in [0.29, 0.717) is 19.1 Å². The number of carbonyl (C=O) groups is 1. The molecular weight excluding hydrogens is 334 g/mol. The highest BCUT2D eigenvalue weighted by molar-refractivity contribution is 5.81. The Balaban J connectivity index is 1.72. The number of piperidine rings is 1. The molecule has 2 aliphatic rings. The summed E-state index contributed by atoms with van der Waals surface area (Å²) in [6, 6.07) is 0. The van der Waals surface area contributed by atoms with Crippen molar-refractivity contribution < 1.29 is 19.0 Å². The summed E-state index contributed by atoms with van der Waals surface area (Å²) < 4.78 is 16.3. The number of likely N-dealkylation sites (tertiary alicyclic amines) is 1. The number of nitrogens with one attached hydrogen (secondary N) is 1. The van der Waals surface area contributed by atoms with Gasteiger partial charge in [0.2, 0.25) is 0 Å². The van der Waals surface area contributed by atoms with E-state index in [1.807, 2.05) is 6.92 Å². The summed E-state index contributed by atoms with van der Waals surface area (Å²) in [5, 5.41) is 3.35. The lowest BCUT2D eigenvalue weighted by Gasteiger charge is -2.34. The number of aliphatic imine (C=N–C) groups is 1. The topological polar surface area (TPSA) is 72.4 Å². The van der Waals surface area contributed by atoms with E-state index in [2.05, 4.69) is 17.1 Å². The first-order valence-electron chi connectivity index (χ1n) is 10.1. The van der Waals surface area contributed by atoms with Gasteiger partial charge in [0.05, 0.1) is 25.7 Å². The quantitative estimate of drug-likeness (QED) is 0.288. The van der Waals surface area contributed by atoms with Crippen molar-refractivity contribution in [3.8, 4) is 0 Å². The Bertz CT molecular complexity index is 439. The van der Waals surface area contributed by atoms with Crippen molar-refractivity contribution in [2.24, 2.45) is 16.8 Å². The molecule has 0 aromatic carbocycles. The molecule has 0 spiro atoms. The van der Waals surface area contributed by atoms with Crippen LogP contribution in [0.2, 0.25) is 0 Å². The zero-order valence-electron chi connectivity index (χ0n) is 16.4. The molecule has 0 bridgehead atoms. The number of rotatable bonds is 9. The fourth-order valence-electron chi connectivity index (χ4n) is 3.36. The van der Waals surface area contributed by atoms with Gasteiger partial charge in [0, 0.05) is 45.3 Å². The Hall–Kier alpha value is -1.34. The number of ether oxygens (including phenoxy) is 3. The average Bonchev–Trinajstić information content (AvgIpc) is 3.17. The fraction of sp³-hybridized carbons (Fsp3) is 0.895. The Labute approximate surface area is 157 Å². The highest BCUT2D eigenvalue weighted by Gasteiger charge is 2.28. The number of carbonyl (C=O) groups excluding carboxylic acids is 1. The molecule has 2 heterocycles. The molecule has 26 heavy (non-hydrogen) atoms. The highest BCUT2D eigenvalue weighted by Crippen LogP contribution is 2.18. The standard InChI is InChI=1S/C19H35N3O4/c1-3-20-19(21-9-6-11-24-14-16-8-12-25-15-16)22-10-5-7-17(13-22)18(23)26-4-2/h16-17H,3-15H2,1-2H3,(H,20,21). The number of guanidine groups is 1. The van der Waals surface area contributed by atoms with Crippen LogP contribution in [0.3, 0.4) is 0 Å². The molecular formula is C19H35N3O4. The van der Waals surface area contributed by atoms with E-state index in [1.165, 1.54) is 0 Å². The zero-order valence-corrected chi connectivity index (χ0v) is 16.4. The zero-order chi connectivity index (χ0) is 18.6. The first-order valence-corrected chi connectivity index (χ1v) is 10.1. The lowest BCUT2D eigenvalue weighted by molar-refractivity contribution is -0.149. The predicted molar refractivity (Wildman–Crippen MR) is 101 cm³/mol. The Kier molecular flexibility index (Phi) is 9.77. The van der Waals surface area contributed by atoms with Crippen molar-refractivity contribution in [3.63, 3.8) is 0 Å². The van der Waals surface area contributed by atoms with E-state index in [4.69, 9.17) is 19.2 Å². The molecule has 2 atom stereocenters. The number of hydrogen-bond acceptors (Lipinski definition) is 5. The molecule has 0 saturated carbocycles. The van der Waals surface area contributed by atoms with Gasteiger partial charge in [-0.15, -0.1) is 0 Å². The van der Waals surface area contributed by atoms with Gasteiger partial charge in [-0.1, -0.05) is 0 Å². The van der Waals surface area contributed by atoms with Crippen molar-refractivity contribution in [2.45, 2.75) is 39.5 Å². The van der Waals surface area contributed by atoms with Crippen molar-refractivity contribution >= 4 is 11.9 Å². The van der Waals surface area contributed by atoms with Crippen LogP contribution in [0, 0.1) is 11.8 Å². The number of esters is 1. The van der Waals surface area contributed by atoms with Crippen LogP contribution in [0.4, 0.5) is 0 Å².